The van der Waals surface area contributed by atoms with Crippen molar-refractivity contribution in [2.45, 2.75) is 19.4 Å². The minimum absolute atomic E-state index is 0.0517. The van der Waals surface area contributed by atoms with Crippen molar-refractivity contribution in [1.82, 2.24) is 0 Å². The van der Waals surface area contributed by atoms with E-state index >= 15 is 0 Å². The van der Waals surface area contributed by atoms with Gasteiger partial charge in [0.1, 0.15) is 0 Å². The SMILES string of the molecule is CC(CCN)C(N)c1ccc(Cl)cc1. The fraction of sp³-hybridized carbons (Fsp3) is 0.455. The first kappa shape index (κ1) is 11.5. The van der Waals surface area contributed by atoms with Crippen molar-refractivity contribution in [3.05, 3.63) is 34.9 Å². The summed E-state index contributed by atoms with van der Waals surface area (Å²) < 4.78 is 0. The van der Waals surface area contributed by atoms with E-state index in [1.807, 2.05) is 24.3 Å². The molecule has 1 aromatic carbocycles. The molecule has 0 saturated heterocycles. The molecule has 0 bridgehead atoms. The summed E-state index contributed by atoms with van der Waals surface area (Å²) in [7, 11) is 0. The molecular formula is C11H17ClN2. The fourth-order valence-electron chi connectivity index (χ4n) is 1.46. The minimum Gasteiger partial charge on any atom is -0.330 e. The van der Waals surface area contributed by atoms with Gasteiger partial charge in [0.25, 0.3) is 0 Å². The molecule has 0 amide bonds. The van der Waals surface area contributed by atoms with E-state index in [-0.39, 0.29) is 6.04 Å². The van der Waals surface area contributed by atoms with E-state index < -0.39 is 0 Å². The number of hydrogen-bond acceptors (Lipinski definition) is 2. The molecule has 0 aromatic heterocycles. The average molecular weight is 213 g/mol. The van der Waals surface area contributed by atoms with Crippen molar-refractivity contribution in [2.24, 2.45) is 17.4 Å². The lowest BCUT2D eigenvalue weighted by Crippen LogP contribution is -2.21. The highest BCUT2D eigenvalue weighted by atomic mass is 35.5. The number of halogens is 1. The fourth-order valence-corrected chi connectivity index (χ4v) is 1.58. The number of hydrogen-bond donors (Lipinski definition) is 2. The van der Waals surface area contributed by atoms with Gasteiger partial charge in [-0.2, -0.15) is 0 Å². The zero-order valence-corrected chi connectivity index (χ0v) is 9.17. The molecule has 2 nitrogen and oxygen atoms in total. The molecule has 4 N–H and O–H groups in total. The normalized spacial score (nSPS) is 15.1. The van der Waals surface area contributed by atoms with Crippen molar-refractivity contribution in [3.8, 4) is 0 Å². The van der Waals surface area contributed by atoms with Crippen LogP contribution in [0.4, 0.5) is 0 Å². The molecule has 0 aliphatic carbocycles. The minimum atomic E-state index is 0.0517. The third-order valence-corrected chi connectivity index (χ3v) is 2.74. The average Bonchev–Trinajstić information content (AvgIpc) is 2.18. The van der Waals surface area contributed by atoms with E-state index in [0.29, 0.717) is 12.5 Å². The van der Waals surface area contributed by atoms with Gasteiger partial charge in [0.05, 0.1) is 0 Å². The van der Waals surface area contributed by atoms with E-state index in [9.17, 15) is 0 Å². The molecule has 1 aromatic rings. The van der Waals surface area contributed by atoms with Crippen LogP contribution in [0.1, 0.15) is 24.9 Å². The molecule has 3 heteroatoms. The second-order valence-corrected chi connectivity index (χ2v) is 4.07. The summed E-state index contributed by atoms with van der Waals surface area (Å²) in [6, 6.07) is 7.73. The highest BCUT2D eigenvalue weighted by molar-refractivity contribution is 6.30. The van der Waals surface area contributed by atoms with Gasteiger partial charge in [-0.3, -0.25) is 0 Å². The van der Waals surface area contributed by atoms with Gasteiger partial charge in [0.15, 0.2) is 0 Å². The topological polar surface area (TPSA) is 52.0 Å². The van der Waals surface area contributed by atoms with Gasteiger partial charge in [0, 0.05) is 11.1 Å². The maximum Gasteiger partial charge on any atom is 0.0406 e. The Balaban J connectivity index is 2.68. The molecule has 1 rings (SSSR count). The molecule has 2 unspecified atom stereocenters. The highest BCUT2D eigenvalue weighted by Crippen LogP contribution is 2.22. The number of benzene rings is 1. The first-order valence-electron chi connectivity index (χ1n) is 4.86. The van der Waals surface area contributed by atoms with Crippen molar-refractivity contribution in [2.75, 3.05) is 6.54 Å². The lowest BCUT2D eigenvalue weighted by molar-refractivity contribution is 0.444. The first-order valence-corrected chi connectivity index (χ1v) is 5.24. The largest absolute Gasteiger partial charge is 0.330 e. The van der Waals surface area contributed by atoms with Gasteiger partial charge in [0.2, 0.25) is 0 Å². The first-order chi connectivity index (χ1) is 6.65. The molecule has 0 radical (unpaired) electrons. The second kappa shape index (κ2) is 5.35. The van der Waals surface area contributed by atoms with Crippen LogP contribution in [0.25, 0.3) is 0 Å². The Morgan fingerprint density at radius 1 is 1.29 bits per heavy atom. The zero-order chi connectivity index (χ0) is 10.6. The van der Waals surface area contributed by atoms with Gasteiger partial charge in [-0.15, -0.1) is 0 Å². The quantitative estimate of drug-likeness (QED) is 0.805. The van der Waals surface area contributed by atoms with Crippen molar-refractivity contribution in [3.63, 3.8) is 0 Å². The maximum absolute atomic E-state index is 6.08. The monoisotopic (exact) mass is 212 g/mol. The molecule has 78 valence electrons. The van der Waals surface area contributed by atoms with Crippen molar-refractivity contribution >= 4 is 11.6 Å². The summed E-state index contributed by atoms with van der Waals surface area (Å²) in [5, 5.41) is 0.743. The van der Waals surface area contributed by atoms with Gasteiger partial charge in [-0.05, 0) is 36.6 Å². The third-order valence-electron chi connectivity index (χ3n) is 2.49. The summed E-state index contributed by atoms with van der Waals surface area (Å²) in [6.07, 6.45) is 0.948. The second-order valence-electron chi connectivity index (χ2n) is 3.63. The Kier molecular flexibility index (Phi) is 4.39. The van der Waals surface area contributed by atoms with Crippen LogP contribution in [0.5, 0.6) is 0 Å². The highest BCUT2D eigenvalue weighted by Gasteiger charge is 2.13. The van der Waals surface area contributed by atoms with Crippen LogP contribution in [-0.4, -0.2) is 6.54 Å². The molecule has 0 aliphatic heterocycles. The van der Waals surface area contributed by atoms with Gasteiger partial charge in [-0.1, -0.05) is 30.7 Å². The van der Waals surface area contributed by atoms with Gasteiger partial charge < -0.3 is 11.5 Å². The van der Waals surface area contributed by atoms with Crippen LogP contribution in [0.3, 0.4) is 0 Å². The van der Waals surface area contributed by atoms with Crippen LogP contribution in [0.2, 0.25) is 5.02 Å². The van der Waals surface area contributed by atoms with Crippen molar-refractivity contribution in [1.29, 1.82) is 0 Å². The van der Waals surface area contributed by atoms with Crippen LogP contribution < -0.4 is 11.5 Å². The smallest absolute Gasteiger partial charge is 0.0406 e. The summed E-state index contributed by atoms with van der Waals surface area (Å²) in [5.41, 5.74) is 12.7. The van der Waals surface area contributed by atoms with Crippen LogP contribution in [-0.2, 0) is 0 Å². The van der Waals surface area contributed by atoms with Crippen LogP contribution in [0, 0.1) is 5.92 Å². The predicted molar refractivity (Wildman–Crippen MR) is 61.2 cm³/mol. The van der Waals surface area contributed by atoms with E-state index in [4.69, 9.17) is 23.1 Å². The molecule has 2 atom stereocenters. The molecular weight excluding hydrogens is 196 g/mol. The van der Waals surface area contributed by atoms with Gasteiger partial charge in [-0.25, -0.2) is 0 Å². The summed E-state index contributed by atoms with van der Waals surface area (Å²) >= 11 is 5.80. The van der Waals surface area contributed by atoms with E-state index in [0.717, 1.165) is 17.0 Å². The predicted octanol–water partition coefficient (Wildman–Crippen LogP) is 2.32. The van der Waals surface area contributed by atoms with Gasteiger partial charge >= 0.3 is 0 Å². The van der Waals surface area contributed by atoms with E-state index in [2.05, 4.69) is 6.92 Å². The Morgan fingerprint density at radius 3 is 2.36 bits per heavy atom. The lowest BCUT2D eigenvalue weighted by atomic mass is 9.93. The standard InChI is InChI=1S/C11H17ClN2/c1-8(6-7-13)11(14)9-2-4-10(12)5-3-9/h2-5,8,11H,6-7,13-14H2,1H3. The molecule has 0 heterocycles. The van der Waals surface area contributed by atoms with Crippen molar-refractivity contribution < 1.29 is 0 Å². The Labute approximate surface area is 90.2 Å². The maximum atomic E-state index is 6.08. The zero-order valence-electron chi connectivity index (χ0n) is 8.41. The Morgan fingerprint density at radius 2 is 1.86 bits per heavy atom. The molecule has 0 spiro atoms. The molecule has 0 aliphatic rings. The van der Waals surface area contributed by atoms with E-state index in [1.54, 1.807) is 0 Å². The van der Waals surface area contributed by atoms with Crippen LogP contribution >= 0.6 is 11.6 Å². The third kappa shape index (κ3) is 2.98. The summed E-state index contributed by atoms with van der Waals surface area (Å²) in [5.74, 6) is 0.404. The molecule has 0 fully saturated rings. The Bertz CT molecular complexity index is 271. The molecule has 0 saturated carbocycles. The number of nitrogens with two attached hydrogens (primary N) is 2. The summed E-state index contributed by atoms with van der Waals surface area (Å²) in [4.78, 5) is 0. The summed E-state index contributed by atoms with van der Waals surface area (Å²) in [6.45, 7) is 2.80. The molecule has 14 heavy (non-hydrogen) atoms. The lowest BCUT2D eigenvalue weighted by Gasteiger charge is -2.19. The van der Waals surface area contributed by atoms with E-state index in [1.165, 1.54) is 0 Å². The van der Waals surface area contributed by atoms with Crippen LogP contribution in [0.15, 0.2) is 24.3 Å². The number of rotatable bonds is 4. The Hall–Kier alpha value is -0.570.